The van der Waals surface area contributed by atoms with Gasteiger partial charge in [-0.25, -0.2) is 9.26 Å². The van der Waals surface area contributed by atoms with Crippen LogP contribution < -0.4 is 11.1 Å². The van der Waals surface area contributed by atoms with E-state index in [1.807, 2.05) is 60.7 Å². The molecule has 1 atom stereocenters. The topological polar surface area (TPSA) is 153 Å². The number of carboxylic acid groups (broad SMARTS) is 1. The minimum absolute atomic E-state index is 0.321. The molecule has 4 aromatic rings. The van der Waals surface area contributed by atoms with Gasteiger partial charge < -0.3 is 16.2 Å². The maximum atomic E-state index is 10.7. The van der Waals surface area contributed by atoms with Crippen LogP contribution in [0.1, 0.15) is 6.92 Å². The lowest BCUT2D eigenvalue weighted by atomic mass is 10.1. The number of nitrogens with zero attached hydrogens (tertiary/aromatic N) is 4. The first-order valence-corrected chi connectivity index (χ1v) is 8.57. The number of aliphatic carboxylic acids is 1. The minimum Gasteiger partial charge on any atom is -0.480 e. The molecule has 0 bridgehead atoms. The van der Waals surface area contributed by atoms with Crippen molar-refractivity contribution in [3.05, 3.63) is 60.7 Å². The van der Waals surface area contributed by atoms with Gasteiger partial charge in [0, 0.05) is 11.1 Å². The zero-order valence-corrected chi connectivity index (χ0v) is 15.4. The third-order valence-corrected chi connectivity index (χ3v) is 3.82. The van der Waals surface area contributed by atoms with Crippen LogP contribution in [0, 0.1) is 0 Å². The number of hydrogen-bond acceptors (Lipinski definition) is 9. The van der Waals surface area contributed by atoms with Crippen LogP contribution in [0.5, 0.6) is 0 Å². The van der Waals surface area contributed by atoms with Crippen molar-refractivity contribution in [3.8, 4) is 22.5 Å². The SMILES string of the molecule is CC(Nc1nonc1-c1ccccc1)C(=O)O.Nc1nonc1-c1ccccc1. The second kappa shape index (κ2) is 9.13. The molecule has 0 aliphatic rings. The molecule has 0 fully saturated rings. The molecule has 0 saturated heterocycles. The van der Waals surface area contributed by atoms with E-state index in [-0.39, 0.29) is 0 Å². The molecule has 2 heterocycles. The lowest BCUT2D eigenvalue weighted by molar-refractivity contribution is -0.137. The zero-order valence-electron chi connectivity index (χ0n) is 15.4. The summed E-state index contributed by atoms with van der Waals surface area (Å²) in [6.45, 7) is 1.52. The average molecular weight is 394 g/mol. The summed E-state index contributed by atoms with van der Waals surface area (Å²) < 4.78 is 9.10. The van der Waals surface area contributed by atoms with Crippen molar-refractivity contribution in [2.75, 3.05) is 11.1 Å². The second-order valence-electron chi connectivity index (χ2n) is 5.90. The van der Waals surface area contributed by atoms with Gasteiger partial charge in [-0.2, -0.15) is 0 Å². The number of benzene rings is 2. The Morgan fingerprint density at radius 3 is 1.93 bits per heavy atom. The van der Waals surface area contributed by atoms with Crippen molar-refractivity contribution in [1.29, 1.82) is 0 Å². The zero-order chi connectivity index (χ0) is 20.6. The van der Waals surface area contributed by atoms with Gasteiger partial charge in [0.25, 0.3) is 0 Å². The Labute approximate surface area is 165 Å². The van der Waals surface area contributed by atoms with Gasteiger partial charge in [-0.05, 0) is 27.6 Å². The molecule has 1 unspecified atom stereocenters. The predicted octanol–water partition coefficient (Wildman–Crippen LogP) is 2.94. The number of aromatic nitrogens is 4. The maximum absolute atomic E-state index is 10.7. The van der Waals surface area contributed by atoms with E-state index in [4.69, 9.17) is 10.8 Å². The first-order valence-electron chi connectivity index (χ1n) is 8.57. The van der Waals surface area contributed by atoms with E-state index in [0.717, 1.165) is 11.1 Å². The fraction of sp³-hybridized carbons (Fsp3) is 0.105. The van der Waals surface area contributed by atoms with Gasteiger partial charge in [-0.1, -0.05) is 60.7 Å². The number of nitrogen functional groups attached to an aromatic ring is 1. The van der Waals surface area contributed by atoms with Crippen LogP contribution in [-0.4, -0.2) is 37.7 Å². The number of nitrogens with one attached hydrogen (secondary N) is 1. The number of carbonyl (C=O) groups is 1. The van der Waals surface area contributed by atoms with Crippen LogP contribution >= 0.6 is 0 Å². The molecule has 0 aliphatic carbocycles. The van der Waals surface area contributed by atoms with E-state index in [9.17, 15) is 4.79 Å². The highest BCUT2D eigenvalue weighted by molar-refractivity contribution is 5.79. The minimum atomic E-state index is -0.966. The number of nitrogens with two attached hydrogens (primary N) is 1. The second-order valence-corrected chi connectivity index (χ2v) is 5.90. The van der Waals surface area contributed by atoms with Crippen molar-refractivity contribution in [3.63, 3.8) is 0 Å². The molecule has 148 valence electrons. The summed E-state index contributed by atoms with van der Waals surface area (Å²) in [4.78, 5) is 10.7. The van der Waals surface area contributed by atoms with Gasteiger partial charge >= 0.3 is 5.97 Å². The van der Waals surface area contributed by atoms with E-state index >= 15 is 0 Å². The Morgan fingerprint density at radius 1 is 0.897 bits per heavy atom. The summed E-state index contributed by atoms with van der Waals surface area (Å²) in [5.74, 6) is -0.320. The Hall–Kier alpha value is -4.21. The highest BCUT2D eigenvalue weighted by atomic mass is 16.6. The molecule has 2 aromatic heterocycles. The average Bonchev–Trinajstić information content (AvgIpc) is 3.38. The molecule has 0 saturated carbocycles. The van der Waals surface area contributed by atoms with Crippen molar-refractivity contribution < 1.29 is 19.2 Å². The van der Waals surface area contributed by atoms with Gasteiger partial charge in [0.1, 0.15) is 6.04 Å². The van der Waals surface area contributed by atoms with Crippen molar-refractivity contribution in [2.24, 2.45) is 0 Å². The number of hydrogen-bond donors (Lipinski definition) is 3. The lowest BCUT2D eigenvalue weighted by Gasteiger charge is -2.07. The van der Waals surface area contributed by atoms with Crippen LogP contribution in [0.3, 0.4) is 0 Å². The summed E-state index contributed by atoms with van der Waals surface area (Å²) in [6.07, 6.45) is 0. The molecule has 0 aliphatic heterocycles. The highest BCUT2D eigenvalue weighted by Gasteiger charge is 2.17. The van der Waals surface area contributed by atoms with Gasteiger partial charge in [0.05, 0.1) is 0 Å². The monoisotopic (exact) mass is 394 g/mol. The summed E-state index contributed by atoms with van der Waals surface area (Å²) in [5.41, 5.74) is 8.32. The van der Waals surface area contributed by atoms with Crippen LogP contribution in [0.25, 0.3) is 22.5 Å². The third kappa shape index (κ3) is 4.95. The Balaban J connectivity index is 0.000000176. The fourth-order valence-electron chi connectivity index (χ4n) is 2.33. The van der Waals surface area contributed by atoms with Crippen LogP contribution in [0.15, 0.2) is 69.9 Å². The first kappa shape index (κ1) is 19.5. The van der Waals surface area contributed by atoms with E-state index in [2.05, 4.69) is 35.2 Å². The molecule has 10 nitrogen and oxygen atoms in total. The van der Waals surface area contributed by atoms with Gasteiger partial charge in [0.2, 0.25) is 0 Å². The molecule has 0 radical (unpaired) electrons. The summed E-state index contributed by atoms with van der Waals surface area (Å²) >= 11 is 0. The Bertz CT molecular complexity index is 1050. The Kier molecular flexibility index (Phi) is 6.15. The molecular formula is C19H18N6O4. The normalized spacial score (nSPS) is 11.2. The molecule has 4 rings (SSSR count). The van der Waals surface area contributed by atoms with E-state index in [1.165, 1.54) is 6.92 Å². The van der Waals surface area contributed by atoms with Crippen molar-refractivity contribution >= 4 is 17.6 Å². The molecule has 2 aromatic carbocycles. The van der Waals surface area contributed by atoms with Crippen LogP contribution in [0.4, 0.5) is 11.6 Å². The van der Waals surface area contributed by atoms with Gasteiger partial charge in [-0.15, -0.1) is 0 Å². The summed E-state index contributed by atoms with van der Waals surface area (Å²) in [6, 6.07) is 18.1. The predicted molar refractivity (Wildman–Crippen MR) is 105 cm³/mol. The smallest absolute Gasteiger partial charge is 0.325 e. The van der Waals surface area contributed by atoms with E-state index < -0.39 is 12.0 Å². The standard InChI is InChI=1S/C11H11N3O3.C8H7N3O/c1-7(11(15)16)12-10-9(13-17-14-10)8-5-3-2-4-6-8;9-8-7(10-12-11-8)6-4-2-1-3-5-6/h2-7H,1H3,(H,12,14)(H,15,16);1-5H,(H2,9,11). The van der Waals surface area contributed by atoms with Gasteiger partial charge in [0.15, 0.2) is 23.0 Å². The molecule has 0 amide bonds. The van der Waals surface area contributed by atoms with Crippen molar-refractivity contribution in [1.82, 2.24) is 20.6 Å². The van der Waals surface area contributed by atoms with Crippen LogP contribution in [-0.2, 0) is 4.79 Å². The Morgan fingerprint density at radius 2 is 1.41 bits per heavy atom. The number of rotatable bonds is 5. The van der Waals surface area contributed by atoms with Crippen molar-refractivity contribution in [2.45, 2.75) is 13.0 Å². The molecule has 4 N–H and O–H groups in total. The summed E-state index contributed by atoms with van der Waals surface area (Å²) in [5, 5.41) is 26.1. The largest absolute Gasteiger partial charge is 0.480 e. The molecular weight excluding hydrogens is 376 g/mol. The third-order valence-electron chi connectivity index (χ3n) is 3.82. The van der Waals surface area contributed by atoms with Gasteiger partial charge in [-0.3, -0.25) is 4.79 Å². The lowest BCUT2D eigenvalue weighted by Crippen LogP contribution is -2.25. The van der Waals surface area contributed by atoms with E-state index in [1.54, 1.807) is 0 Å². The van der Waals surface area contributed by atoms with E-state index in [0.29, 0.717) is 23.0 Å². The molecule has 29 heavy (non-hydrogen) atoms. The first-order chi connectivity index (χ1) is 14.1. The fourth-order valence-corrected chi connectivity index (χ4v) is 2.33. The van der Waals surface area contributed by atoms with Crippen LogP contribution in [0.2, 0.25) is 0 Å². The highest BCUT2D eigenvalue weighted by Crippen LogP contribution is 2.24. The number of anilines is 2. The number of carboxylic acids is 1. The maximum Gasteiger partial charge on any atom is 0.325 e. The molecule has 10 heteroatoms. The summed E-state index contributed by atoms with van der Waals surface area (Å²) in [7, 11) is 0. The quantitative estimate of drug-likeness (QED) is 0.460. The molecule has 0 spiro atoms.